The van der Waals surface area contributed by atoms with Gasteiger partial charge in [-0.1, -0.05) is 6.07 Å². The first kappa shape index (κ1) is 10.5. The van der Waals surface area contributed by atoms with Crippen molar-refractivity contribution in [2.45, 2.75) is 12.1 Å². The fourth-order valence-electron chi connectivity index (χ4n) is 2.03. The van der Waals surface area contributed by atoms with Crippen LogP contribution in [0, 0.1) is 0 Å². The quantitative estimate of drug-likeness (QED) is 0.616. The maximum absolute atomic E-state index is 9.33. The Morgan fingerprint density at radius 2 is 2.29 bits per heavy atom. The zero-order valence-electron chi connectivity index (χ0n) is 9.44. The number of nitrogens with one attached hydrogen (secondary N) is 1. The van der Waals surface area contributed by atoms with Crippen LogP contribution in [0.15, 0.2) is 33.7 Å². The van der Waals surface area contributed by atoms with Crippen LogP contribution in [-0.2, 0) is 12.1 Å². The van der Waals surface area contributed by atoms with Gasteiger partial charge in [0.05, 0.1) is 13.2 Å². The van der Waals surface area contributed by atoms with E-state index in [9.17, 15) is 5.11 Å². The molecule has 88 valence electrons. The average Bonchev–Trinajstić information content (AvgIpc) is 3.03. The van der Waals surface area contributed by atoms with Crippen molar-refractivity contribution >= 4 is 17.7 Å². The molecule has 1 aliphatic rings. The van der Waals surface area contributed by atoms with Crippen LogP contribution >= 0.6 is 0 Å². The standard InChI is InChI=1S/C13H14N2O2/c1-14-6-9-2-3-11-10(4-9)5-12(17-11)13(8-16)7-15-13/h2-5,15-16H,1,6-8H2. The molecule has 3 rings (SSSR count). The smallest absolute Gasteiger partial charge is 0.134 e. The molecule has 1 aliphatic heterocycles. The van der Waals surface area contributed by atoms with Crippen LogP contribution in [0.25, 0.3) is 11.0 Å². The maximum atomic E-state index is 9.33. The minimum Gasteiger partial charge on any atom is -0.459 e. The Morgan fingerprint density at radius 3 is 2.94 bits per heavy atom. The van der Waals surface area contributed by atoms with Gasteiger partial charge >= 0.3 is 0 Å². The van der Waals surface area contributed by atoms with Crippen LogP contribution in [0.2, 0.25) is 0 Å². The molecule has 0 bridgehead atoms. The highest BCUT2D eigenvalue weighted by Crippen LogP contribution is 2.34. The molecule has 2 aromatic rings. The van der Waals surface area contributed by atoms with Crippen molar-refractivity contribution in [3.63, 3.8) is 0 Å². The molecule has 4 nitrogen and oxygen atoms in total. The molecule has 1 unspecified atom stereocenters. The van der Waals surface area contributed by atoms with Crippen LogP contribution in [0.3, 0.4) is 0 Å². The highest BCUT2D eigenvalue weighted by molar-refractivity contribution is 5.79. The summed E-state index contributed by atoms with van der Waals surface area (Å²) in [6.07, 6.45) is 0. The summed E-state index contributed by atoms with van der Waals surface area (Å²) in [5.74, 6) is 0.804. The zero-order valence-corrected chi connectivity index (χ0v) is 9.44. The molecule has 1 atom stereocenters. The van der Waals surface area contributed by atoms with E-state index in [1.54, 1.807) is 0 Å². The topological polar surface area (TPSA) is 67.7 Å². The first-order valence-electron chi connectivity index (χ1n) is 5.59. The van der Waals surface area contributed by atoms with Gasteiger partial charge in [-0.15, -0.1) is 0 Å². The van der Waals surface area contributed by atoms with Crippen LogP contribution in [0.5, 0.6) is 0 Å². The maximum Gasteiger partial charge on any atom is 0.134 e. The second kappa shape index (κ2) is 3.68. The first-order valence-corrected chi connectivity index (χ1v) is 5.59. The Balaban J connectivity index is 2.04. The molecule has 2 N–H and O–H groups in total. The summed E-state index contributed by atoms with van der Waals surface area (Å²) >= 11 is 0. The number of benzene rings is 1. The number of hydrogen-bond donors (Lipinski definition) is 2. The Labute approximate surface area is 99.0 Å². The van der Waals surface area contributed by atoms with Gasteiger partial charge in [-0.05, 0) is 30.5 Å². The number of aliphatic imine (C=N–C) groups is 1. The molecule has 0 saturated carbocycles. The van der Waals surface area contributed by atoms with E-state index in [1.165, 1.54) is 0 Å². The fraction of sp³-hybridized carbons (Fsp3) is 0.308. The summed E-state index contributed by atoms with van der Waals surface area (Å²) in [5, 5.41) is 13.5. The van der Waals surface area contributed by atoms with Gasteiger partial charge in [0.2, 0.25) is 0 Å². The Kier molecular flexibility index (Phi) is 2.28. The number of aliphatic hydroxyl groups excluding tert-OH is 1. The first-order chi connectivity index (χ1) is 8.27. The molecule has 0 spiro atoms. The van der Waals surface area contributed by atoms with Gasteiger partial charge in [-0.3, -0.25) is 10.3 Å². The molecule has 1 aromatic carbocycles. The molecule has 1 fully saturated rings. The van der Waals surface area contributed by atoms with Gasteiger partial charge in [0.25, 0.3) is 0 Å². The Morgan fingerprint density at radius 1 is 1.47 bits per heavy atom. The summed E-state index contributed by atoms with van der Waals surface area (Å²) in [6, 6.07) is 7.95. The summed E-state index contributed by atoms with van der Waals surface area (Å²) in [7, 11) is 0. The highest BCUT2D eigenvalue weighted by atomic mass is 16.3. The van der Waals surface area contributed by atoms with Crippen molar-refractivity contribution in [1.82, 2.24) is 5.32 Å². The van der Waals surface area contributed by atoms with Gasteiger partial charge in [0.15, 0.2) is 0 Å². The summed E-state index contributed by atoms with van der Waals surface area (Å²) in [5.41, 5.74) is 1.60. The number of nitrogens with zero attached hydrogens (tertiary/aromatic N) is 1. The predicted molar refractivity (Wildman–Crippen MR) is 66.2 cm³/mol. The van der Waals surface area contributed by atoms with Crippen LogP contribution in [0.4, 0.5) is 0 Å². The van der Waals surface area contributed by atoms with Crippen LogP contribution in [-0.4, -0.2) is 25.0 Å². The summed E-state index contributed by atoms with van der Waals surface area (Å²) in [4.78, 5) is 3.86. The van der Waals surface area contributed by atoms with E-state index in [-0.39, 0.29) is 12.1 Å². The molecular formula is C13H14N2O2. The number of aliphatic hydroxyl groups is 1. The van der Waals surface area contributed by atoms with Gasteiger partial charge in [-0.2, -0.15) is 0 Å². The van der Waals surface area contributed by atoms with E-state index in [0.29, 0.717) is 6.54 Å². The second-order valence-electron chi connectivity index (χ2n) is 4.46. The molecule has 1 saturated heterocycles. The summed E-state index contributed by atoms with van der Waals surface area (Å²) < 4.78 is 5.75. The van der Waals surface area contributed by atoms with E-state index in [4.69, 9.17) is 4.42 Å². The lowest BCUT2D eigenvalue weighted by Gasteiger charge is -2.04. The lowest BCUT2D eigenvalue weighted by Crippen LogP contribution is -2.16. The third kappa shape index (κ3) is 1.66. The molecule has 0 aliphatic carbocycles. The number of hydrogen-bond acceptors (Lipinski definition) is 4. The van der Waals surface area contributed by atoms with E-state index < -0.39 is 0 Å². The van der Waals surface area contributed by atoms with Crippen LogP contribution < -0.4 is 5.32 Å². The van der Waals surface area contributed by atoms with Crippen molar-refractivity contribution in [2.75, 3.05) is 13.2 Å². The number of furan rings is 1. The Hall–Kier alpha value is -1.65. The molecule has 2 heterocycles. The van der Waals surface area contributed by atoms with Gasteiger partial charge in [0.1, 0.15) is 16.9 Å². The van der Waals surface area contributed by atoms with Gasteiger partial charge in [-0.25, -0.2) is 0 Å². The van der Waals surface area contributed by atoms with E-state index in [2.05, 4.69) is 17.0 Å². The third-order valence-corrected chi connectivity index (χ3v) is 3.22. The number of fused-ring (bicyclic) bond motifs is 1. The molecule has 0 amide bonds. The Bertz CT molecular complexity index is 570. The second-order valence-corrected chi connectivity index (χ2v) is 4.46. The molecular weight excluding hydrogens is 216 g/mol. The largest absolute Gasteiger partial charge is 0.459 e. The third-order valence-electron chi connectivity index (χ3n) is 3.22. The fourth-order valence-corrected chi connectivity index (χ4v) is 2.03. The van der Waals surface area contributed by atoms with E-state index >= 15 is 0 Å². The van der Waals surface area contributed by atoms with Gasteiger partial charge in [0, 0.05) is 11.9 Å². The SMILES string of the molecule is C=NCc1ccc2oc(C3(CO)CN3)cc2c1. The minimum atomic E-state index is -0.351. The van der Waals surface area contributed by atoms with Crippen molar-refractivity contribution in [2.24, 2.45) is 4.99 Å². The lowest BCUT2D eigenvalue weighted by atomic mass is 10.1. The van der Waals surface area contributed by atoms with Crippen molar-refractivity contribution < 1.29 is 9.52 Å². The minimum absolute atomic E-state index is 0.0634. The number of rotatable bonds is 4. The van der Waals surface area contributed by atoms with E-state index in [0.717, 1.165) is 28.8 Å². The average molecular weight is 230 g/mol. The molecule has 17 heavy (non-hydrogen) atoms. The monoisotopic (exact) mass is 230 g/mol. The van der Waals surface area contributed by atoms with Crippen LogP contribution in [0.1, 0.15) is 11.3 Å². The lowest BCUT2D eigenvalue weighted by molar-refractivity contribution is 0.236. The highest BCUT2D eigenvalue weighted by Gasteiger charge is 2.46. The van der Waals surface area contributed by atoms with Crippen molar-refractivity contribution in [3.05, 3.63) is 35.6 Å². The van der Waals surface area contributed by atoms with Crippen molar-refractivity contribution in [1.29, 1.82) is 0 Å². The van der Waals surface area contributed by atoms with Crippen molar-refractivity contribution in [3.8, 4) is 0 Å². The summed E-state index contributed by atoms with van der Waals surface area (Å²) in [6.45, 7) is 4.93. The van der Waals surface area contributed by atoms with Gasteiger partial charge < -0.3 is 9.52 Å². The molecule has 4 heteroatoms. The molecule has 1 aromatic heterocycles. The predicted octanol–water partition coefficient (Wildman–Crippen LogP) is 1.42. The zero-order chi connectivity index (χ0) is 11.9. The molecule has 0 radical (unpaired) electrons. The van der Waals surface area contributed by atoms with E-state index in [1.807, 2.05) is 24.3 Å². The normalized spacial score (nSPS) is 22.9.